The second-order valence-corrected chi connectivity index (χ2v) is 7.11. The summed E-state index contributed by atoms with van der Waals surface area (Å²) in [7, 11) is 1.61. The van der Waals surface area contributed by atoms with Crippen LogP contribution in [0.15, 0.2) is 24.3 Å². The van der Waals surface area contributed by atoms with Gasteiger partial charge in [0.1, 0.15) is 5.75 Å². The molecule has 2 N–H and O–H groups in total. The van der Waals surface area contributed by atoms with E-state index in [0.717, 1.165) is 24.2 Å². The summed E-state index contributed by atoms with van der Waals surface area (Å²) in [6.07, 6.45) is 1.59. The fraction of sp³-hybridized carbons (Fsp3) is 0.579. The van der Waals surface area contributed by atoms with Crippen molar-refractivity contribution >= 4 is 11.9 Å². The van der Waals surface area contributed by atoms with E-state index in [1.807, 2.05) is 49.9 Å². The highest BCUT2D eigenvalue weighted by molar-refractivity contribution is 5.87. The van der Waals surface area contributed by atoms with Crippen molar-refractivity contribution in [3.05, 3.63) is 29.8 Å². The monoisotopic (exact) mass is 348 g/mol. The highest BCUT2D eigenvalue weighted by Crippen LogP contribution is 2.29. The van der Waals surface area contributed by atoms with Gasteiger partial charge in [0.15, 0.2) is 0 Å². The number of carboxylic acid groups (broad SMARTS) is 1. The summed E-state index contributed by atoms with van der Waals surface area (Å²) in [5.41, 5.74) is 0.297. The quantitative estimate of drug-likeness (QED) is 0.751. The Morgan fingerprint density at radius 2 is 1.88 bits per heavy atom. The molecule has 0 saturated heterocycles. The molecule has 0 bridgehead atoms. The maximum atomic E-state index is 12.7. The molecule has 0 aliphatic heterocycles. The molecule has 138 valence electrons. The number of hydrogen-bond acceptors (Lipinski definition) is 4. The second kappa shape index (κ2) is 7.87. The molecule has 1 saturated carbocycles. The van der Waals surface area contributed by atoms with Crippen LogP contribution in [0.2, 0.25) is 0 Å². The van der Waals surface area contributed by atoms with E-state index in [9.17, 15) is 9.59 Å². The molecule has 0 heterocycles. The maximum Gasteiger partial charge on any atom is 0.317 e. The maximum absolute atomic E-state index is 12.7. The first-order valence-electron chi connectivity index (χ1n) is 8.69. The van der Waals surface area contributed by atoms with Gasteiger partial charge in [0.05, 0.1) is 19.1 Å². The van der Waals surface area contributed by atoms with Gasteiger partial charge >= 0.3 is 5.97 Å². The molecule has 0 aromatic heterocycles. The van der Waals surface area contributed by atoms with Crippen LogP contribution in [0, 0.1) is 0 Å². The average Bonchev–Trinajstić information content (AvgIpc) is 2.55. The summed E-state index contributed by atoms with van der Waals surface area (Å²) >= 11 is 0. The normalized spacial score (nSPS) is 20.0. The molecule has 6 heteroatoms. The van der Waals surface area contributed by atoms with E-state index in [4.69, 9.17) is 9.84 Å². The molecule has 6 nitrogen and oxygen atoms in total. The number of likely N-dealkylation sites (N-methyl/N-ethyl adjacent to an activating group) is 1. The van der Waals surface area contributed by atoms with E-state index in [1.165, 1.54) is 0 Å². The minimum atomic E-state index is -0.810. The lowest BCUT2D eigenvalue weighted by molar-refractivity contribution is -0.140. The number of aliphatic carboxylic acids is 1. The molecule has 1 aliphatic rings. The predicted molar refractivity (Wildman–Crippen MR) is 95.9 cm³/mol. The molecular weight excluding hydrogens is 320 g/mol. The summed E-state index contributed by atoms with van der Waals surface area (Å²) in [6, 6.07) is 7.87. The zero-order valence-electron chi connectivity index (χ0n) is 15.4. The van der Waals surface area contributed by atoms with E-state index < -0.39 is 11.4 Å². The second-order valence-electron chi connectivity index (χ2n) is 7.11. The van der Waals surface area contributed by atoms with Gasteiger partial charge in [-0.05, 0) is 50.9 Å². The molecule has 0 radical (unpaired) electrons. The molecule has 1 aliphatic carbocycles. The number of amides is 1. The van der Waals surface area contributed by atoms with E-state index in [-0.39, 0.29) is 24.5 Å². The number of ether oxygens (including phenoxy) is 1. The van der Waals surface area contributed by atoms with Crippen LogP contribution in [0.1, 0.15) is 39.2 Å². The summed E-state index contributed by atoms with van der Waals surface area (Å²) in [5, 5.41) is 12.0. The molecule has 1 amide bonds. The summed E-state index contributed by atoms with van der Waals surface area (Å²) in [4.78, 5) is 25.5. The Morgan fingerprint density at radius 1 is 1.28 bits per heavy atom. The standard InChI is InChI=1S/C19H28N2O4/c1-5-21(12-17(22)23)15-10-14(11-15)20-18(24)19(2,3)13-6-8-16(25-4)9-7-13/h6-9,14-15H,5,10-12H2,1-4H3,(H,20,24)(H,22,23). The summed E-state index contributed by atoms with van der Waals surface area (Å²) in [5.74, 6) is -0.0581. The third-order valence-electron chi connectivity index (χ3n) is 5.09. The number of nitrogens with one attached hydrogen (secondary N) is 1. The zero-order valence-corrected chi connectivity index (χ0v) is 15.4. The number of hydrogen-bond donors (Lipinski definition) is 2. The first-order valence-corrected chi connectivity index (χ1v) is 8.69. The number of methoxy groups -OCH3 is 1. The van der Waals surface area contributed by atoms with Crippen LogP contribution in [0.3, 0.4) is 0 Å². The lowest BCUT2D eigenvalue weighted by Gasteiger charge is -2.43. The van der Waals surface area contributed by atoms with Crippen molar-refractivity contribution in [1.82, 2.24) is 10.2 Å². The molecule has 25 heavy (non-hydrogen) atoms. The van der Waals surface area contributed by atoms with Crippen molar-refractivity contribution in [3.8, 4) is 5.75 Å². The first kappa shape index (κ1) is 19.2. The Kier molecular flexibility index (Phi) is 6.06. The topological polar surface area (TPSA) is 78.9 Å². The minimum Gasteiger partial charge on any atom is -0.497 e. The molecular formula is C19H28N2O4. The third-order valence-corrected chi connectivity index (χ3v) is 5.09. The van der Waals surface area contributed by atoms with Gasteiger partial charge in [-0.1, -0.05) is 19.1 Å². The van der Waals surface area contributed by atoms with Gasteiger partial charge in [-0.25, -0.2) is 0 Å². The fourth-order valence-corrected chi connectivity index (χ4v) is 3.18. The molecule has 2 rings (SSSR count). The number of nitrogens with zero attached hydrogens (tertiary/aromatic N) is 1. The predicted octanol–water partition coefficient (Wildman–Crippen LogP) is 2.03. The minimum absolute atomic E-state index is 0.0117. The lowest BCUT2D eigenvalue weighted by Crippen LogP contribution is -2.57. The Morgan fingerprint density at radius 3 is 2.36 bits per heavy atom. The number of carboxylic acids is 1. The molecule has 0 atom stereocenters. The first-order chi connectivity index (χ1) is 11.8. The van der Waals surface area contributed by atoms with Crippen LogP contribution in [0.4, 0.5) is 0 Å². The molecule has 1 aromatic carbocycles. The summed E-state index contributed by atoms with van der Waals surface area (Å²) < 4.78 is 5.16. The molecule has 0 spiro atoms. The van der Waals surface area contributed by atoms with E-state index >= 15 is 0 Å². The highest BCUT2D eigenvalue weighted by Gasteiger charge is 2.38. The van der Waals surface area contributed by atoms with Gasteiger partial charge in [0, 0.05) is 12.1 Å². The molecule has 1 aromatic rings. The van der Waals surface area contributed by atoms with Crippen molar-refractivity contribution in [2.24, 2.45) is 0 Å². The fourth-order valence-electron chi connectivity index (χ4n) is 3.18. The highest BCUT2D eigenvalue weighted by atomic mass is 16.5. The summed E-state index contributed by atoms with van der Waals surface area (Å²) in [6.45, 7) is 6.53. The Hall–Kier alpha value is -2.08. The van der Waals surface area contributed by atoms with Crippen molar-refractivity contribution in [2.45, 2.75) is 51.1 Å². The van der Waals surface area contributed by atoms with Gasteiger partial charge in [0.25, 0.3) is 0 Å². The van der Waals surface area contributed by atoms with Gasteiger partial charge in [-0.3, -0.25) is 14.5 Å². The van der Waals surface area contributed by atoms with E-state index in [2.05, 4.69) is 5.32 Å². The zero-order chi connectivity index (χ0) is 18.6. The van der Waals surface area contributed by atoms with Crippen molar-refractivity contribution in [1.29, 1.82) is 0 Å². The Balaban J connectivity index is 1.90. The van der Waals surface area contributed by atoms with Crippen molar-refractivity contribution in [2.75, 3.05) is 20.2 Å². The van der Waals surface area contributed by atoms with E-state index in [0.29, 0.717) is 6.54 Å². The SMILES string of the molecule is CCN(CC(=O)O)C1CC(NC(=O)C(C)(C)c2ccc(OC)cc2)C1. The third kappa shape index (κ3) is 4.51. The molecule has 1 fully saturated rings. The van der Waals surface area contributed by atoms with Gasteiger partial charge in [-0.2, -0.15) is 0 Å². The van der Waals surface area contributed by atoms with Crippen LogP contribution in [-0.2, 0) is 15.0 Å². The van der Waals surface area contributed by atoms with Crippen LogP contribution in [0.25, 0.3) is 0 Å². The van der Waals surface area contributed by atoms with Gasteiger partial charge in [-0.15, -0.1) is 0 Å². The largest absolute Gasteiger partial charge is 0.497 e. The van der Waals surface area contributed by atoms with Crippen LogP contribution < -0.4 is 10.1 Å². The lowest BCUT2D eigenvalue weighted by atomic mass is 9.81. The number of benzene rings is 1. The smallest absolute Gasteiger partial charge is 0.317 e. The Labute approximate surface area is 149 Å². The van der Waals surface area contributed by atoms with Crippen molar-refractivity contribution in [3.63, 3.8) is 0 Å². The number of carbonyl (C=O) groups is 2. The van der Waals surface area contributed by atoms with Crippen molar-refractivity contribution < 1.29 is 19.4 Å². The van der Waals surface area contributed by atoms with Gasteiger partial charge < -0.3 is 15.2 Å². The number of carbonyl (C=O) groups excluding carboxylic acids is 1. The molecule has 0 unspecified atom stereocenters. The van der Waals surface area contributed by atoms with Crippen LogP contribution >= 0.6 is 0 Å². The van der Waals surface area contributed by atoms with E-state index in [1.54, 1.807) is 7.11 Å². The number of rotatable bonds is 8. The van der Waals surface area contributed by atoms with Crippen LogP contribution in [-0.4, -0.2) is 54.2 Å². The van der Waals surface area contributed by atoms with Crippen LogP contribution in [0.5, 0.6) is 5.75 Å². The average molecular weight is 348 g/mol. The Bertz CT molecular complexity index is 606. The van der Waals surface area contributed by atoms with Gasteiger partial charge in [0.2, 0.25) is 5.91 Å².